The van der Waals surface area contributed by atoms with Crippen molar-refractivity contribution in [2.75, 3.05) is 20.8 Å². The van der Waals surface area contributed by atoms with E-state index in [1.54, 1.807) is 6.92 Å². The van der Waals surface area contributed by atoms with Crippen molar-refractivity contribution in [1.82, 2.24) is 5.32 Å². The Morgan fingerprint density at radius 3 is 2.29 bits per heavy atom. The summed E-state index contributed by atoms with van der Waals surface area (Å²) >= 11 is 0. The smallest absolute Gasteiger partial charge is 0.331 e. The van der Waals surface area contributed by atoms with Gasteiger partial charge in [-0.15, -0.1) is 0 Å². The van der Waals surface area contributed by atoms with Crippen molar-refractivity contribution in [3.8, 4) is 0 Å². The minimum absolute atomic E-state index is 0.269. The molecule has 0 aromatic rings. The maximum absolute atomic E-state index is 11.4. The summed E-state index contributed by atoms with van der Waals surface area (Å²) in [6, 6.07) is 0. The first-order chi connectivity index (χ1) is 6.46. The van der Waals surface area contributed by atoms with Crippen LogP contribution in [0.3, 0.4) is 0 Å². The lowest BCUT2D eigenvalue weighted by molar-refractivity contribution is -0.150. The van der Waals surface area contributed by atoms with E-state index in [0.29, 0.717) is 13.0 Å². The van der Waals surface area contributed by atoms with Gasteiger partial charge in [0.25, 0.3) is 0 Å². The molecule has 0 saturated carbocycles. The minimum atomic E-state index is -1.00. The van der Waals surface area contributed by atoms with E-state index in [9.17, 15) is 9.59 Å². The Bertz CT molecular complexity index is 217. The van der Waals surface area contributed by atoms with Gasteiger partial charge in [-0.2, -0.15) is 0 Å². The van der Waals surface area contributed by atoms with Gasteiger partial charge >= 0.3 is 5.97 Å². The fourth-order valence-corrected chi connectivity index (χ4v) is 1.14. The largest absolute Gasteiger partial charge is 0.467 e. The minimum Gasteiger partial charge on any atom is -0.467 e. The molecular weight excluding hydrogens is 186 g/mol. The van der Waals surface area contributed by atoms with Gasteiger partial charge in [-0.05, 0) is 6.92 Å². The second-order valence-electron chi connectivity index (χ2n) is 3.25. The van der Waals surface area contributed by atoms with Crippen molar-refractivity contribution in [3.63, 3.8) is 0 Å². The Morgan fingerprint density at radius 1 is 1.36 bits per heavy atom. The Labute approximate surface area is 83.8 Å². The highest BCUT2D eigenvalue weighted by Crippen LogP contribution is 2.11. The van der Waals surface area contributed by atoms with Gasteiger partial charge in [-0.25, -0.2) is 4.79 Å². The molecule has 1 amide bonds. The van der Waals surface area contributed by atoms with E-state index >= 15 is 0 Å². The van der Waals surface area contributed by atoms with Crippen LogP contribution in [0.15, 0.2) is 0 Å². The maximum atomic E-state index is 11.4. The monoisotopic (exact) mass is 203 g/mol. The van der Waals surface area contributed by atoms with Crippen LogP contribution in [-0.4, -0.2) is 38.2 Å². The van der Waals surface area contributed by atoms with Gasteiger partial charge in [0.1, 0.15) is 5.54 Å². The number of carbonyl (C=O) groups excluding carboxylic acids is 2. The maximum Gasteiger partial charge on any atom is 0.331 e. The van der Waals surface area contributed by atoms with Gasteiger partial charge in [-0.3, -0.25) is 4.79 Å². The van der Waals surface area contributed by atoms with Crippen molar-refractivity contribution in [3.05, 3.63) is 0 Å². The van der Waals surface area contributed by atoms with E-state index in [4.69, 9.17) is 4.74 Å². The quantitative estimate of drug-likeness (QED) is 0.643. The van der Waals surface area contributed by atoms with Crippen molar-refractivity contribution in [2.45, 2.75) is 25.8 Å². The van der Waals surface area contributed by atoms with E-state index in [-0.39, 0.29) is 5.91 Å². The summed E-state index contributed by atoms with van der Waals surface area (Å²) in [6.45, 7) is 3.35. The van der Waals surface area contributed by atoms with E-state index in [1.165, 1.54) is 21.1 Å². The molecule has 0 aliphatic rings. The van der Waals surface area contributed by atoms with Crippen molar-refractivity contribution >= 4 is 11.9 Å². The average Bonchev–Trinajstić information content (AvgIpc) is 2.12. The lowest BCUT2D eigenvalue weighted by Gasteiger charge is -2.26. The summed E-state index contributed by atoms with van der Waals surface area (Å²) in [5.74, 6) is -0.737. The zero-order valence-corrected chi connectivity index (χ0v) is 9.05. The van der Waals surface area contributed by atoms with E-state index in [0.717, 1.165) is 0 Å². The van der Waals surface area contributed by atoms with Crippen molar-refractivity contribution in [2.24, 2.45) is 0 Å². The highest BCUT2D eigenvalue weighted by molar-refractivity contribution is 5.86. The molecule has 0 aliphatic heterocycles. The lowest BCUT2D eigenvalue weighted by Crippen LogP contribution is -2.52. The molecule has 0 spiro atoms. The van der Waals surface area contributed by atoms with Crippen LogP contribution >= 0.6 is 0 Å². The Morgan fingerprint density at radius 2 is 1.93 bits per heavy atom. The molecule has 0 fully saturated rings. The number of hydrogen-bond donors (Lipinski definition) is 1. The summed E-state index contributed by atoms with van der Waals surface area (Å²) in [6.07, 6.45) is 0.385. The van der Waals surface area contributed by atoms with E-state index in [2.05, 4.69) is 10.1 Å². The second kappa shape index (κ2) is 5.59. The fraction of sp³-hybridized carbons (Fsp3) is 0.778. The van der Waals surface area contributed by atoms with E-state index < -0.39 is 11.5 Å². The first kappa shape index (κ1) is 12.9. The molecule has 1 unspecified atom stereocenters. The molecule has 0 aromatic heterocycles. The number of ether oxygens (including phenoxy) is 2. The zero-order chi connectivity index (χ0) is 11.2. The summed E-state index contributed by atoms with van der Waals surface area (Å²) in [4.78, 5) is 22.3. The molecule has 0 aromatic carbocycles. The number of nitrogens with one attached hydrogen (secondary N) is 1. The molecular formula is C9H17NO4. The van der Waals surface area contributed by atoms with Crippen LogP contribution in [-0.2, 0) is 19.1 Å². The van der Waals surface area contributed by atoms with Crippen LogP contribution in [0.5, 0.6) is 0 Å². The molecule has 82 valence electrons. The Hall–Kier alpha value is -1.10. The predicted octanol–water partition coefficient (Wildman–Crippen LogP) is 0.0907. The van der Waals surface area contributed by atoms with Crippen molar-refractivity contribution < 1.29 is 19.1 Å². The average molecular weight is 203 g/mol. The van der Waals surface area contributed by atoms with Crippen LogP contribution in [0.4, 0.5) is 0 Å². The van der Waals surface area contributed by atoms with Gasteiger partial charge < -0.3 is 14.8 Å². The summed E-state index contributed by atoms with van der Waals surface area (Å²) < 4.78 is 9.46. The first-order valence-electron chi connectivity index (χ1n) is 4.32. The molecule has 0 aliphatic carbocycles. The second-order valence-corrected chi connectivity index (χ2v) is 3.25. The fourth-order valence-electron chi connectivity index (χ4n) is 1.14. The first-order valence-corrected chi connectivity index (χ1v) is 4.32. The topological polar surface area (TPSA) is 64.6 Å². The van der Waals surface area contributed by atoms with Crippen LogP contribution in [0.25, 0.3) is 0 Å². The normalized spacial score (nSPS) is 14.3. The van der Waals surface area contributed by atoms with Crippen LogP contribution in [0.1, 0.15) is 20.3 Å². The van der Waals surface area contributed by atoms with Crippen LogP contribution in [0, 0.1) is 0 Å². The van der Waals surface area contributed by atoms with Crippen LogP contribution in [0.2, 0.25) is 0 Å². The Balaban J connectivity index is 4.48. The molecule has 0 rings (SSSR count). The van der Waals surface area contributed by atoms with Gasteiger partial charge in [0.2, 0.25) is 5.91 Å². The molecule has 1 N–H and O–H groups in total. The number of esters is 1. The number of carbonyl (C=O) groups is 2. The number of amides is 1. The highest BCUT2D eigenvalue weighted by atomic mass is 16.5. The zero-order valence-electron chi connectivity index (χ0n) is 9.05. The molecule has 0 saturated heterocycles. The van der Waals surface area contributed by atoms with Gasteiger partial charge in [0, 0.05) is 27.1 Å². The Kier molecular flexibility index (Phi) is 5.15. The number of rotatable bonds is 5. The number of hydrogen-bond acceptors (Lipinski definition) is 4. The van der Waals surface area contributed by atoms with Gasteiger partial charge in [-0.1, -0.05) is 0 Å². The standard InChI is InChI=1S/C9H17NO4/c1-7(11)10-9(2,5-6-13-3)8(12)14-4/h5-6H2,1-4H3,(H,10,11). The third kappa shape index (κ3) is 3.74. The predicted molar refractivity (Wildman–Crippen MR) is 50.7 cm³/mol. The van der Waals surface area contributed by atoms with E-state index in [1.807, 2.05) is 0 Å². The SMILES string of the molecule is COCCC(C)(NC(C)=O)C(=O)OC. The molecule has 0 bridgehead atoms. The highest BCUT2D eigenvalue weighted by Gasteiger charge is 2.34. The number of methoxy groups -OCH3 is 2. The third-order valence-corrected chi connectivity index (χ3v) is 1.89. The third-order valence-electron chi connectivity index (χ3n) is 1.89. The molecule has 5 heteroatoms. The summed E-state index contributed by atoms with van der Waals surface area (Å²) in [5.41, 5.74) is -1.00. The molecule has 0 radical (unpaired) electrons. The molecule has 14 heavy (non-hydrogen) atoms. The summed E-state index contributed by atoms with van der Waals surface area (Å²) in [5, 5.41) is 2.55. The van der Waals surface area contributed by atoms with Crippen molar-refractivity contribution in [1.29, 1.82) is 0 Å². The molecule has 0 heterocycles. The molecule has 5 nitrogen and oxygen atoms in total. The van der Waals surface area contributed by atoms with Crippen LogP contribution < -0.4 is 5.32 Å². The summed E-state index contributed by atoms with van der Waals surface area (Å²) in [7, 11) is 2.82. The lowest BCUT2D eigenvalue weighted by atomic mass is 9.98. The van der Waals surface area contributed by atoms with Gasteiger partial charge in [0.05, 0.1) is 7.11 Å². The molecule has 1 atom stereocenters. The van der Waals surface area contributed by atoms with Gasteiger partial charge in [0.15, 0.2) is 0 Å².